The average Bonchev–Trinajstić information content (AvgIpc) is 3.03. The number of anilines is 1. The van der Waals surface area contributed by atoms with Crippen molar-refractivity contribution in [3.05, 3.63) is 24.5 Å². The van der Waals surface area contributed by atoms with Crippen molar-refractivity contribution in [2.75, 3.05) is 38.3 Å². The van der Waals surface area contributed by atoms with E-state index in [0.717, 1.165) is 48.4 Å². The number of aromatic nitrogens is 2. The van der Waals surface area contributed by atoms with Crippen molar-refractivity contribution < 1.29 is 14.2 Å². The average molecular weight is 301 g/mol. The first-order valence-electron chi connectivity index (χ1n) is 7.61. The Morgan fingerprint density at radius 2 is 1.91 bits per heavy atom. The van der Waals surface area contributed by atoms with E-state index in [9.17, 15) is 0 Å². The molecule has 2 fully saturated rings. The van der Waals surface area contributed by atoms with Gasteiger partial charge in [-0.05, 0) is 18.2 Å². The molecule has 0 aliphatic carbocycles. The van der Waals surface area contributed by atoms with Gasteiger partial charge in [0.25, 0.3) is 0 Å². The van der Waals surface area contributed by atoms with Crippen LogP contribution in [0.3, 0.4) is 0 Å². The monoisotopic (exact) mass is 301 g/mol. The number of ether oxygens (including phenoxy) is 3. The lowest BCUT2D eigenvalue weighted by molar-refractivity contribution is -0.169. The van der Waals surface area contributed by atoms with E-state index < -0.39 is 0 Å². The lowest BCUT2D eigenvalue weighted by Gasteiger charge is -2.38. The Morgan fingerprint density at radius 3 is 2.64 bits per heavy atom. The molecule has 3 heterocycles. The highest BCUT2D eigenvalue weighted by Crippen LogP contribution is 2.35. The van der Waals surface area contributed by atoms with Gasteiger partial charge in [-0.2, -0.15) is 0 Å². The van der Waals surface area contributed by atoms with Crippen molar-refractivity contribution in [3.8, 4) is 5.75 Å². The van der Waals surface area contributed by atoms with Gasteiger partial charge in [0.05, 0.1) is 25.8 Å². The molecule has 4 rings (SSSR count). The number of rotatable bonds is 2. The summed E-state index contributed by atoms with van der Waals surface area (Å²) in [6.45, 7) is 3.13. The number of piperidine rings is 1. The van der Waals surface area contributed by atoms with E-state index in [1.165, 1.54) is 0 Å². The minimum absolute atomic E-state index is 0.364. The van der Waals surface area contributed by atoms with Crippen LogP contribution in [0.25, 0.3) is 10.9 Å². The number of methoxy groups -OCH3 is 1. The van der Waals surface area contributed by atoms with E-state index in [2.05, 4.69) is 14.9 Å². The Morgan fingerprint density at radius 1 is 1.14 bits per heavy atom. The first-order chi connectivity index (χ1) is 10.8. The Hall–Kier alpha value is -1.92. The summed E-state index contributed by atoms with van der Waals surface area (Å²) in [6.07, 6.45) is 3.35. The van der Waals surface area contributed by atoms with E-state index in [0.29, 0.717) is 13.2 Å². The van der Waals surface area contributed by atoms with Gasteiger partial charge in [0.1, 0.15) is 17.9 Å². The van der Waals surface area contributed by atoms with Gasteiger partial charge in [0, 0.05) is 31.3 Å². The van der Waals surface area contributed by atoms with Gasteiger partial charge < -0.3 is 19.1 Å². The molecule has 0 unspecified atom stereocenters. The summed E-state index contributed by atoms with van der Waals surface area (Å²) in [6, 6.07) is 5.89. The van der Waals surface area contributed by atoms with Crippen molar-refractivity contribution in [2.24, 2.45) is 0 Å². The Kier molecular flexibility index (Phi) is 3.35. The normalized spacial score (nSPS) is 20.7. The fraction of sp³-hybridized carbons (Fsp3) is 0.500. The van der Waals surface area contributed by atoms with Crippen LogP contribution in [0.1, 0.15) is 12.8 Å². The van der Waals surface area contributed by atoms with Crippen molar-refractivity contribution >= 4 is 16.7 Å². The molecule has 2 aliphatic rings. The van der Waals surface area contributed by atoms with E-state index in [1.54, 1.807) is 13.4 Å². The zero-order valence-electron chi connectivity index (χ0n) is 12.6. The fourth-order valence-corrected chi connectivity index (χ4v) is 3.25. The maximum atomic E-state index is 5.79. The molecular formula is C16H19N3O3. The standard InChI is InChI=1S/C16H19N3O3/c1-20-12-2-3-14-13(10-12)15(18-11-17-14)19-6-4-16(5-7-19)21-8-9-22-16/h2-3,10-11H,4-9H2,1H3. The van der Waals surface area contributed by atoms with Crippen molar-refractivity contribution in [1.82, 2.24) is 9.97 Å². The Labute approximate surface area is 129 Å². The van der Waals surface area contributed by atoms with Crippen LogP contribution in [0.5, 0.6) is 5.75 Å². The molecular weight excluding hydrogens is 282 g/mol. The van der Waals surface area contributed by atoms with Crippen LogP contribution in [0.4, 0.5) is 5.82 Å². The predicted octanol–water partition coefficient (Wildman–Crippen LogP) is 1.98. The highest BCUT2D eigenvalue weighted by molar-refractivity contribution is 5.90. The third-order valence-electron chi connectivity index (χ3n) is 4.46. The molecule has 0 atom stereocenters. The molecule has 6 heteroatoms. The molecule has 2 aliphatic heterocycles. The zero-order chi connectivity index (χ0) is 15.0. The summed E-state index contributed by atoms with van der Waals surface area (Å²) < 4.78 is 16.9. The van der Waals surface area contributed by atoms with Gasteiger partial charge in [0.15, 0.2) is 5.79 Å². The maximum absolute atomic E-state index is 5.79. The second-order valence-electron chi connectivity index (χ2n) is 5.68. The van der Waals surface area contributed by atoms with E-state index in [4.69, 9.17) is 14.2 Å². The van der Waals surface area contributed by atoms with Gasteiger partial charge in [-0.25, -0.2) is 9.97 Å². The fourth-order valence-electron chi connectivity index (χ4n) is 3.25. The van der Waals surface area contributed by atoms with E-state index in [1.807, 2.05) is 18.2 Å². The van der Waals surface area contributed by atoms with Crippen LogP contribution in [0.2, 0.25) is 0 Å². The summed E-state index contributed by atoms with van der Waals surface area (Å²) in [5.74, 6) is 1.41. The van der Waals surface area contributed by atoms with Crippen LogP contribution in [0, 0.1) is 0 Å². The highest BCUT2D eigenvalue weighted by atomic mass is 16.7. The largest absolute Gasteiger partial charge is 0.497 e. The molecule has 22 heavy (non-hydrogen) atoms. The number of nitrogens with zero attached hydrogens (tertiary/aromatic N) is 3. The molecule has 6 nitrogen and oxygen atoms in total. The molecule has 0 N–H and O–H groups in total. The SMILES string of the molecule is COc1ccc2ncnc(N3CCC4(CC3)OCCO4)c2c1. The van der Waals surface area contributed by atoms with Gasteiger partial charge in [-0.1, -0.05) is 0 Å². The van der Waals surface area contributed by atoms with Crippen molar-refractivity contribution in [1.29, 1.82) is 0 Å². The van der Waals surface area contributed by atoms with Gasteiger partial charge >= 0.3 is 0 Å². The first kappa shape index (κ1) is 13.7. The molecule has 1 aromatic carbocycles. The van der Waals surface area contributed by atoms with Gasteiger partial charge in [-0.15, -0.1) is 0 Å². The molecule has 1 aromatic heterocycles. The van der Waals surface area contributed by atoms with E-state index in [-0.39, 0.29) is 5.79 Å². The second-order valence-corrected chi connectivity index (χ2v) is 5.68. The molecule has 0 radical (unpaired) electrons. The zero-order valence-corrected chi connectivity index (χ0v) is 12.6. The minimum atomic E-state index is -0.364. The van der Waals surface area contributed by atoms with Gasteiger partial charge in [-0.3, -0.25) is 0 Å². The first-order valence-corrected chi connectivity index (χ1v) is 7.61. The van der Waals surface area contributed by atoms with Gasteiger partial charge in [0.2, 0.25) is 0 Å². The summed E-state index contributed by atoms with van der Waals surface area (Å²) >= 11 is 0. The molecule has 0 amide bonds. The van der Waals surface area contributed by atoms with Crippen LogP contribution < -0.4 is 9.64 Å². The summed E-state index contributed by atoms with van der Waals surface area (Å²) in [5, 5.41) is 1.02. The molecule has 2 aromatic rings. The minimum Gasteiger partial charge on any atom is -0.497 e. The molecule has 116 valence electrons. The van der Waals surface area contributed by atoms with Crippen LogP contribution in [-0.4, -0.2) is 49.2 Å². The topological polar surface area (TPSA) is 56.7 Å². The Balaban J connectivity index is 1.64. The lowest BCUT2D eigenvalue weighted by atomic mass is 10.0. The van der Waals surface area contributed by atoms with Crippen LogP contribution in [0.15, 0.2) is 24.5 Å². The molecule has 2 saturated heterocycles. The molecule has 0 saturated carbocycles. The third-order valence-corrected chi connectivity index (χ3v) is 4.46. The van der Waals surface area contributed by atoms with Crippen LogP contribution >= 0.6 is 0 Å². The smallest absolute Gasteiger partial charge is 0.171 e. The summed E-state index contributed by atoms with van der Waals surface area (Å²) in [7, 11) is 1.67. The quantitative estimate of drug-likeness (QED) is 0.845. The second kappa shape index (κ2) is 5.37. The molecule has 0 bridgehead atoms. The van der Waals surface area contributed by atoms with E-state index >= 15 is 0 Å². The number of hydrogen-bond donors (Lipinski definition) is 0. The number of fused-ring (bicyclic) bond motifs is 1. The predicted molar refractivity (Wildman–Crippen MR) is 82.2 cm³/mol. The summed E-state index contributed by atoms with van der Waals surface area (Å²) in [5.41, 5.74) is 0.930. The third kappa shape index (κ3) is 2.28. The highest BCUT2D eigenvalue weighted by Gasteiger charge is 2.40. The Bertz CT molecular complexity index is 675. The van der Waals surface area contributed by atoms with Crippen molar-refractivity contribution in [2.45, 2.75) is 18.6 Å². The number of hydrogen-bond acceptors (Lipinski definition) is 6. The van der Waals surface area contributed by atoms with Crippen LogP contribution in [-0.2, 0) is 9.47 Å². The molecule has 1 spiro atoms. The number of benzene rings is 1. The van der Waals surface area contributed by atoms with Crippen molar-refractivity contribution in [3.63, 3.8) is 0 Å². The lowest BCUT2D eigenvalue weighted by Crippen LogP contribution is -2.45. The summed E-state index contributed by atoms with van der Waals surface area (Å²) in [4.78, 5) is 11.1. The maximum Gasteiger partial charge on any atom is 0.171 e.